The summed E-state index contributed by atoms with van der Waals surface area (Å²) in [5.41, 5.74) is 6.72. The highest BCUT2D eigenvalue weighted by Crippen LogP contribution is 2.09. The van der Waals surface area contributed by atoms with Crippen LogP contribution in [-0.4, -0.2) is 10.5 Å². The van der Waals surface area contributed by atoms with Gasteiger partial charge in [0.1, 0.15) is 17.2 Å². The Labute approximate surface area is 99.2 Å². The number of amides is 1. The lowest BCUT2D eigenvalue weighted by Crippen LogP contribution is -2.24. The molecule has 0 unspecified atom stereocenters. The monoisotopic (exact) mass is 233 g/mol. The van der Waals surface area contributed by atoms with Crippen LogP contribution in [0.3, 0.4) is 0 Å². The zero-order valence-electron chi connectivity index (χ0n) is 9.86. The third kappa shape index (κ3) is 2.50. The summed E-state index contributed by atoms with van der Waals surface area (Å²) in [6.07, 6.45) is 1.70. The topological polar surface area (TPSA) is 73.2 Å². The summed E-state index contributed by atoms with van der Waals surface area (Å²) in [6, 6.07) is 5.35. The summed E-state index contributed by atoms with van der Waals surface area (Å²) in [7, 11) is 1.78. The zero-order chi connectivity index (χ0) is 12.4. The first-order chi connectivity index (χ1) is 8.06. The first-order valence-electron chi connectivity index (χ1n) is 5.31. The number of nitrogens with two attached hydrogens (primary N) is 1. The summed E-state index contributed by atoms with van der Waals surface area (Å²) in [5.74, 6) is 1.40. The molecule has 0 aliphatic carbocycles. The van der Waals surface area contributed by atoms with Gasteiger partial charge in [-0.25, -0.2) is 0 Å². The maximum absolute atomic E-state index is 11.8. The molecule has 0 radical (unpaired) electrons. The fourth-order valence-electron chi connectivity index (χ4n) is 1.65. The Balaban J connectivity index is 2.00. The lowest BCUT2D eigenvalue weighted by molar-refractivity contribution is 0.0940. The van der Waals surface area contributed by atoms with E-state index in [1.54, 1.807) is 23.9 Å². The van der Waals surface area contributed by atoms with Crippen LogP contribution in [0.25, 0.3) is 0 Å². The van der Waals surface area contributed by atoms with Crippen molar-refractivity contribution in [3.63, 3.8) is 0 Å². The number of hydrogen-bond donors (Lipinski definition) is 2. The van der Waals surface area contributed by atoms with Crippen molar-refractivity contribution in [3.8, 4) is 0 Å². The molecular weight excluding hydrogens is 218 g/mol. The molecule has 5 nitrogen and oxygen atoms in total. The second-order valence-electron chi connectivity index (χ2n) is 3.96. The normalized spacial score (nSPS) is 10.5. The van der Waals surface area contributed by atoms with Gasteiger partial charge in [-0.1, -0.05) is 0 Å². The van der Waals surface area contributed by atoms with Crippen molar-refractivity contribution >= 4 is 11.6 Å². The molecule has 0 aromatic carbocycles. The molecule has 0 saturated carbocycles. The first kappa shape index (κ1) is 11.3. The molecule has 0 atom stereocenters. The Bertz CT molecular complexity index is 540. The maximum Gasteiger partial charge on any atom is 0.268 e. The SMILES string of the molecule is Cc1ccc(CNC(=O)c2cc(N)cn2C)o1. The standard InChI is InChI=1S/C12H15N3O2/c1-8-3-4-10(17-8)6-14-12(16)11-5-9(13)7-15(11)2/h3-5,7H,6,13H2,1-2H3,(H,14,16). The second-order valence-corrected chi connectivity index (χ2v) is 3.96. The van der Waals surface area contributed by atoms with E-state index < -0.39 is 0 Å². The number of aryl methyl sites for hydroxylation is 2. The van der Waals surface area contributed by atoms with Crippen LogP contribution < -0.4 is 11.1 Å². The average molecular weight is 233 g/mol. The molecule has 3 N–H and O–H groups in total. The lowest BCUT2D eigenvalue weighted by atomic mass is 10.3. The number of aromatic nitrogens is 1. The van der Waals surface area contributed by atoms with Gasteiger partial charge in [-0.05, 0) is 25.1 Å². The van der Waals surface area contributed by atoms with Gasteiger partial charge in [0.25, 0.3) is 5.91 Å². The molecule has 0 fully saturated rings. The molecular formula is C12H15N3O2. The number of furan rings is 1. The van der Waals surface area contributed by atoms with E-state index in [9.17, 15) is 4.79 Å². The number of nitrogens with zero attached hydrogens (tertiary/aromatic N) is 1. The van der Waals surface area contributed by atoms with Crippen LogP contribution in [0.15, 0.2) is 28.8 Å². The second kappa shape index (κ2) is 4.37. The number of nitrogen functional groups attached to an aromatic ring is 1. The van der Waals surface area contributed by atoms with Crippen LogP contribution in [-0.2, 0) is 13.6 Å². The Hall–Kier alpha value is -2.17. The van der Waals surface area contributed by atoms with E-state index in [0.717, 1.165) is 11.5 Å². The summed E-state index contributed by atoms with van der Waals surface area (Å²) >= 11 is 0. The van der Waals surface area contributed by atoms with Crippen LogP contribution in [0.5, 0.6) is 0 Å². The molecule has 0 aliphatic rings. The summed E-state index contributed by atoms with van der Waals surface area (Å²) in [5, 5.41) is 2.77. The van der Waals surface area contributed by atoms with Crippen LogP contribution in [0, 0.1) is 6.92 Å². The van der Waals surface area contributed by atoms with E-state index in [4.69, 9.17) is 10.2 Å². The minimum atomic E-state index is -0.168. The van der Waals surface area contributed by atoms with Gasteiger partial charge < -0.3 is 20.0 Å². The molecule has 5 heteroatoms. The predicted octanol–water partition coefficient (Wildman–Crippen LogP) is 1.44. The Morgan fingerprint density at radius 2 is 2.29 bits per heavy atom. The molecule has 90 valence electrons. The smallest absolute Gasteiger partial charge is 0.268 e. The summed E-state index contributed by atoms with van der Waals surface area (Å²) < 4.78 is 7.05. The fraction of sp³-hybridized carbons (Fsp3) is 0.250. The average Bonchev–Trinajstić information content (AvgIpc) is 2.81. The van der Waals surface area contributed by atoms with E-state index in [1.807, 2.05) is 19.1 Å². The van der Waals surface area contributed by atoms with E-state index in [-0.39, 0.29) is 5.91 Å². The fourth-order valence-corrected chi connectivity index (χ4v) is 1.65. The van der Waals surface area contributed by atoms with Crippen molar-refractivity contribution in [1.29, 1.82) is 0 Å². The molecule has 2 aromatic heterocycles. The Morgan fingerprint density at radius 1 is 1.53 bits per heavy atom. The lowest BCUT2D eigenvalue weighted by Gasteiger charge is -2.03. The number of nitrogens with one attached hydrogen (secondary N) is 1. The van der Waals surface area contributed by atoms with Crippen LogP contribution >= 0.6 is 0 Å². The Morgan fingerprint density at radius 3 is 2.82 bits per heavy atom. The number of carbonyl (C=O) groups is 1. The van der Waals surface area contributed by atoms with E-state index >= 15 is 0 Å². The highest BCUT2D eigenvalue weighted by Gasteiger charge is 2.10. The zero-order valence-corrected chi connectivity index (χ0v) is 9.86. The highest BCUT2D eigenvalue weighted by atomic mass is 16.3. The third-order valence-electron chi connectivity index (χ3n) is 2.48. The van der Waals surface area contributed by atoms with Gasteiger partial charge in [0.15, 0.2) is 0 Å². The number of anilines is 1. The van der Waals surface area contributed by atoms with Gasteiger partial charge in [0.05, 0.1) is 12.2 Å². The molecule has 17 heavy (non-hydrogen) atoms. The quantitative estimate of drug-likeness (QED) is 0.842. The maximum atomic E-state index is 11.8. The van der Waals surface area contributed by atoms with Crippen LogP contribution in [0.1, 0.15) is 22.0 Å². The third-order valence-corrected chi connectivity index (χ3v) is 2.48. The van der Waals surface area contributed by atoms with E-state index in [0.29, 0.717) is 17.9 Å². The molecule has 0 saturated heterocycles. The first-order valence-corrected chi connectivity index (χ1v) is 5.31. The summed E-state index contributed by atoms with van der Waals surface area (Å²) in [6.45, 7) is 2.24. The van der Waals surface area contributed by atoms with Gasteiger partial charge in [-0.15, -0.1) is 0 Å². The summed E-state index contributed by atoms with van der Waals surface area (Å²) in [4.78, 5) is 11.8. The predicted molar refractivity (Wildman–Crippen MR) is 64.4 cm³/mol. The minimum absolute atomic E-state index is 0.168. The van der Waals surface area contributed by atoms with Crippen molar-refractivity contribution in [3.05, 3.63) is 41.6 Å². The molecule has 0 aliphatic heterocycles. The number of hydrogen-bond acceptors (Lipinski definition) is 3. The molecule has 1 amide bonds. The van der Waals surface area contributed by atoms with Crippen LogP contribution in [0.4, 0.5) is 5.69 Å². The van der Waals surface area contributed by atoms with Crippen molar-refractivity contribution in [2.75, 3.05) is 5.73 Å². The van der Waals surface area contributed by atoms with Gasteiger partial charge in [0.2, 0.25) is 0 Å². The molecule has 2 heterocycles. The Kier molecular flexibility index (Phi) is 2.91. The largest absolute Gasteiger partial charge is 0.465 e. The molecule has 0 spiro atoms. The van der Waals surface area contributed by atoms with Crippen molar-refractivity contribution in [2.24, 2.45) is 7.05 Å². The number of carbonyl (C=O) groups excluding carboxylic acids is 1. The van der Waals surface area contributed by atoms with Crippen molar-refractivity contribution in [2.45, 2.75) is 13.5 Å². The highest BCUT2D eigenvalue weighted by molar-refractivity contribution is 5.93. The van der Waals surface area contributed by atoms with Gasteiger partial charge in [-0.2, -0.15) is 0 Å². The van der Waals surface area contributed by atoms with Crippen molar-refractivity contribution in [1.82, 2.24) is 9.88 Å². The number of rotatable bonds is 3. The molecule has 2 rings (SSSR count). The molecule has 2 aromatic rings. The van der Waals surface area contributed by atoms with Gasteiger partial charge in [-0.3, -0.25) is 4.79 Å². The minimum Gasteiger partial charge on any atom is -0.465 e. The van der Waals surface area contributed by atoms with Gasteiger partial charge in [0, 0.05) is 13.2 Å². The van der Waals surface area contributed by atoms with Gasteiger partial charge >= 0.3 is 0 Å². The van der Waals surface area contributed by atoms with Crippen LogP contribution in [0.2, 0.25) is 0 Å². The van der Waals surface area contributed by atoms with E-state index in [2.05, 4.69) is 5.32 Å². The molecule has 0 bridgehead atoms. The van der Waals surface area contributed by atoms with Crippen molar-refractivity contribution < 1.29 is 9.21 Å². The van der Waals surface area contributed by atoms with E-state index in [1.165, 1.54) is 0 Å².